The number of nitrogens with zero attached hydrogens (tertiary/aromatic N) is 2. The first-order valence-electron chi connectivity index (χ1n) is 7.37. The first kappa shape index (κ1) is 19.7. The third kappa shape index (κ3) is 5.18. The Morgan fingerprint density at radius 1 is 1.15 bits per heavy atom. The zero-order valence-electron chi connectivity index (χ0n) is 13.6. The molecule has 2 rings (SSSR count). The summed E-state index contributed by atoms with van der Waals surface area (Å²) in [5.74, 6) is -1.25. The fourth-order valence-electron chi connectivity index (χ4n) is 2.05. The summed E-state index contributed by atoms with van der Waals surface area (Å²) < 4.78 is 4.94. The number of esters is 1. The van der Waals surface area contributed by atoms with Crippen LogP contribution >= 0.6 is 23.2 Å². The quantitative estimate of drug-likeness (QED) is 0.421. The standard InChI is InChI=1S/C17H14Cl2N2O5/c1-20(9-11-2-4-12(18)5-3-11)16(22)10-26-17(23)14-7-6-13(21(24)25)8-15(14)19/h2-8H,9-10H2,1H3. The summed E-state index contributed by atoms with van der Waals surface area (Å²) in [6.45, 7) is -0.151. The van der Waals surface area contributed by atoms with Crippen LogP contribution < -0.4 is 0 Å². The zero-order valence-corrected chi connectivity index (χ0v) is 15.2. The molecule has 2 aromatic carbocycles. The van der Waals surface area contributed by atoms with Crippen LogP contribution in [0.15, 0.2) is 42.5 Å². The number of rotatable bonds is 6. The summed E-state index contributed by atoms with van der Waals surface area (Å²) >= 11 is 11.7. The van der Waals surface area contributed by atoms with Crippen LogP contribution in [0.5, 0.6) is 0 Å². The van der Waals surface area contributed by atoms with Crippen LogP contribution in [0.4, 0.5) is 5.69 Å². The van der Waals surface area contributed by atoms with Gasteiger partial charge in [-0.15, -0.1) is 0 Å². The van der Waals surface area contributed by atoms with E-state index >= 15 is 0 Å². The molecular weight excluding hydrogens is 383 g/mol. The molecule has 0 saturated heterocycles. The zero-order chi connectivity index (χ0) is 19.3. The van der Waals surface area contributed by atoms with Crippen molar-refractivity contribution in [3.63, 3.8) is 0 Å². The van der Waals surface area contributed by atoms with Crippen molar-refractivity contribution in [2.45, 2.75) is 6.54 Å². The minimum atomic E-state index is -0.835. The van der Waals surface area contributed by atoms with Crippen LogP contribution in [0.2, 0.25) is 10.0 Å². The summed E-state index contributed by atoms with van der Waals surface area (Å²) in [6.07, 6.45) is 0. The Morgan fingerprint density at radius 3 is 2.38 bits per heavy atom. The number of ether oxygens (including phenoxy) is 1. The molecular formula is C17H14Cl2N2O5. The molecule has 0 unspecified atom stereocenters. The Bertz CT molecular complexity index is 840. The molecule has 0 heterocycles. The Hall–Kier alpha value is -2.64. The monoisotopic (exact) mass is 396 g/mol. The van der Waals surface area contributed by atoms with Gasteiger partial charge < -0.3 is 9.64 Å². The van der Waals surface area contributed by atoms with Crippen LogP contribution in [0.3, 0.4) is 0 Å². The smallest absolute Gasteiger partial charge is 0.340 e. The minimum absolute atomic E-state index is 0.0505. The van der Waals surface area contributed by atoms with E-state index in [9.17, 15) is 19.7 Å². The average Bonchev–Trinajstić information content (AvgIpc) is 2.61. The first-order chi connectivity index (χ1) is 12.3. The van der Waals surface area contributed by atoms with E-state index in [1.807, 2.05) is 0 Å². The van der Waals surface area contributed by atoms with Gasteiger partial charge in [-0.3, -0.25) is 14.9 Å². The Labute approximate surface area is 159 Å². The number of halogens is 2. The van der Waals surface area contributed by atoms with Crippen molar-refractivity contribution in [2.75, 3.05) is 13.7 Å². The highest BCUT2D eigenvalue weighted by Gasteiger charge is 2.18. The Balaban J connectivity index is 1.92. The minimum Gasteiger partial charge on any atom is -0.452 e. The van der Waals surface area contributed by atoms with Gasteiger partial charge in [-0.2, -0.15) is 0 Å². The molecule has 0 fully saturated rings. The van der Waals surface area contributed by atoms with Gasteiger partial charge in [0.15, 0.2) is 6.61 Å². The molecule has 0 aliphatic carbocycles. The first-order valence-corrected chi connectivity index (χ1v) is 8.13. The predicted molar refractivity (Wildman–Crippen MR) is 96.3 cm³/mol. The number of carbonyl (C=O) groups is 2. The number of hydrogen-bond acceptors (Lipinski definition) is 5. The van der Waals surface area contributed by atoms with Crippen LogP contribution in [-0.2, 0) is 16.1 Å². The second kappa shape index (κ2) is 8.64. The molecule has 0 aliphatic heterocycles. The number of benzene rings is 2. The molecule has 0 bridgehead atoms. The van der Waals surface area contributed by atoms with Crippen molar-refractivity contribution < 1.29 is 19.2 Å². The topological polar surface area (TPSA) is 89.8 Å². The molecule has 0 saturated carbocycles. The van der Waals surface area contributed by atoms with E-state index in [2.05, 4.69) is 0 Å². The van der Waals surface area contributed by atoms with Crippen LogP contribution in [0.1, 0.15) is 15.9 Å². The Morgan fingerprint density at radius 2 is 1.81 bits per heavy atom. The number of likely N-dealkylation sites (N-methyl/N-ethyl adjacent to an activating group) is 1. The highest BCUT2D eigenvalue weighted by atomic mass is 35.5. The number of carbonyl (C=O) groups excluding carboxylic acids is 2. The molecule has 0 spiro atoms. The van der Waals surface area contributed by atoms with Crippen molar-refractivity contribution >= 4 is 40.8 Å². The van der Waals surface area contributed by atoms with Gasteiger partial charge in [0.2, 0.25) is 0 Å². The second-order valence-electron chi connectivity index (χ2n) is 5.37. The summed E-state index contributed by atoms with van der Waals surface area (Å²) in [6, 6.07) is 10.4. The van der Waals surface area contributed by atoms with Gasteiger partial charge in [0.1, 0.15) is 0 Å². The van der Waals surface area contributed by atoms with E-state index in [4.69, 9.17) is 27.9 Å². The molecule has 7 nitrogen and oxygen atoms in total. The second-order valence-corrected chi connectivity index (χ2v) is 6.22. The highest BCUT2D eigenvalue weighted by Crippen LogP contribution is 2.23. The molecule has 0 aliphatic rings. The number of non-ortho nitro benzene ring substituents is 1. The summed E-state index contributed by atoms with van der Waals surface area (Å²) in [7, 11) is 1.57. The van der Waals surface area contributed by atoms with E-state index in [1.165, 1.54) is 11.0 Å². The van der Waals surface area contributed by atoms with E-state index in [-0.39, 0.29) is 16.3 Å². The van der Waals surface area contributed by atoms with Crippen LogP contribution in [-0.4, -0.2) is 35.4 Å². The maximum Gasteiger partial charge on any atom is 0.340 e. The summed E-state index contributed by atoms with van der Waals surface area (Å²) in [5.41, 5.74) is 0.575. The molecule has 0 aromatic heterocycles. The van der Waals surface area contributed by atoms with Gasteiger partial charge in [-0.05, 0) is 23.8 Å². The van der Waals surface area contributed by atoms with E-state index in [0.717, 1.165) is 17.7 Å². The van der Waals surface area contributed by atoms with Gasteiger partial charge >= 0.3 is 5.97 Å². The largest absolute Gasteiger partial charge is 0.452 e. The lowest BCUT2D eigenvalue weighted by molar-refractivity contribution is -0.384. The van der Waals surface area contributed by atoms with Crippen LogP contribution in [0.25, 0.3) is 0 Å². The molecule has 9 heteroatoms. The average molecular weight is 397 g/mol. The fraction of sp³-hybridized carbons (Fsp3) is 0.176. The third-order valence-corrected chi connectivity index (χ3v) is 4.03. The maximum absolute atomic E-state index is 12.1. The normalized spacial score (nSPS) is 10.3. The summed E-state index contributed by atoms with van der Waals surface area (Å²) in [4.78, 5) is 35.5. The summed E-state index contributed by atoms with van der Waals surface area (Å²) in [5, 5.41) is 11.1. The van der Waals surface area contributed by atoms with Gasteiger partial charge in [0, 0.05) is 30.7 Å². The lowest BCUT2D eigenvalue weighted by Gasteiger charge is -2.17. The van der Waals surface area contributed by atoms with Gasteiger partial charge in [0.25, 0.3) is 11.6 Å². The lowest BCUT2D eigenvalue weighted by Crippen LogP contribution is -2.30. The van der Waals surface area contributed by atoms with Crippen molar-refractivity contribution in [1.82, 2.24) is 4.90 Å². The SMILES string of the molecule is CN(Cc1ccc(Cl)cc1)C(=O)COC(=O)c1ccc([N+](=O)[O-])cc1Cl. The lowest BCUT2D eigenvalue weighted by atomic mass is 10.2. The molecule has 1 amide bonds. The molecule has 136 valence electrons. The number of hydrogen-bond donors (Lipinski definition) is 0. The predicted octanol–water partition coefficient (Wildman–Crippen LogP) is 3.72. The van der Waals surface area contributed by atoms with E-state index < -0.39 is 23.4 Å². The molecule has 2 aromatic rings. The molecule has 26 heavy (non-hydrogen) atoms. The number of amides is 1. The fourth-order valence-corrected chi connectivity index (χ4v) is 2.43. The highest BCUT2D eigenvalue weighted by molar-refractivity contribution is 6.33. The van der Waals surface area contributed by atoms with E-state index in [1.54, 1.807) is 31.3 Å². The van der Waals surface area contributed by atoms with Crippen molar-refractivity contribution in [2.24, 2.45) is 0 Å². The van der Waals surface area contributed by atoms with Crippen LogP contribution in [0, 0.1) is 10.1 Å². The van der Waals surface area contributed by atoms with Gasteiger partial charge in [-0.25, -0.2) is 4.79 Å². The van der Waals surface area contributed by atoms with Crippen molar-refractivity contribution in [1.29, 1.82) is 0 Å². The van der Waals surface area contributed by atoms with Gasteiger partial charge in [-0.1, -0.05) is 35.3 Å². The number of nitro groups is 1. The molecule has 0 N–H and O–H groups in total. The molecule has 0 radical (unpaired) electrons. The third-order valence-electron chi connectivity index (χ3n) is 3.47. The van der Waals surface area contributed by atoms with Crippen molar-refractivity contribution in [3.8, 4) is 0 Å². The Kier molecular flexibility index (Phi) is 6.54. The van der Waals surface area contributed by atoms with Crippen molar-refractivity contribution in [3.05, 3.63) is 73.8 Å². The molecule has 0 atom stereocenters. The maximum atomic E-state index is 12.1. The number of nitro benzene ring substituents is 1. The van der Waals surface area contributed by atoms with E-state index in [0.29, 0.717) is 11.6 Å². The van der Waals surface area contributed by atoms with Gasteiger partial charge in [0.05, 0.1) is 15.5 Å².